The van der Waals surface area contributed by atoms with Crippen LogP contribution in [-0.4, -0.2) is 17.5 Å². The zero-order chi connectivity index (χ0) is 13.9. The molecule has 0 saturated carbocycles. The molecule has 0 spiro atoms. The second kappa shape index (κ2) is 5.69. The Hall–Kier alpha value is -1.10. The van der Waals surface area contributed by atoms with Crippen molar-refractivity contribution in [3.63, 3.8) is 0 Å². The number of rotatable bonds is 3. The highest BCUT2D eigenvalue weighted by atomic mass is 79.9. The summed E-state index contributed by atoms with van der Waals surface area (Å²) in [5, 5.41) is 5.82. The van der Waals surface area contributed by atoms with E-state index in [0.717, 1.165) is 0 Å². The third kappa shape index (κ3) is 4.64. The average molecular weight is 317 g/mol. The molecule has 0 aromatic heterocycles. The molecule has 3 nitrogen and oxygen atoms in total. The predicted molar refractivity (Wildman–Crippen MR) is 75.1 cm³/mol. The number of anilines is 1. The summed E-state index contributed by atoms with van der Waals surface area (Å²) in [6.45, 7) is 7.48. The van der Waals surface area contributed by atoms with Crippen LogP contribution >= 0.6 is 15.9 Å². The molecule has 0 bridgehead atoms. The summed E-state index contributed by atoms with van der Waals surface area (Å²) < 4.78 is 13.7. The molecule has 0 heterocycles. The summed E-state index contributed by atoms with van der Waals surface area (Å²) >= 11 is 3.08. The molecule has 0 saturated heterocycles. The van der Waals surface area contributed by atoms with E-state index in [1.807, 2.05) is 20.8 Å². The molecular weight excluding hydrogens is 299 g/mol. The normalized spacial score (nSPS) is 13.0. The standard InChI is InChI=1S/C13H18BrFN2O/c1-8(12(18)17-13(2,3)4)16-9-5-6-10(14)11(15)7-9/h5-8,16H,1-4H3,(H,17,18). The molecular formula is C13H18BrFN2O. The van der Waals surface area contributed by atoms with E-state index in [-0.39, 0.29) is 17.3 Å². The fraction of sp³-hybridized carbons (Fsp3) is 0.462. The van der Waals surface area contributed by atoms with Crippen molar-refractivity contribution in [2.75, 3.05) is 5.32 Å². The molecule has 18 heavy (non-hydrogen) atoms. The van der Waals surface area contributed by atoms with Crippen molar-refractivity contribution >= 4 is 27.5 Å². The van der Waals surface area contributed by atoms with Crippen molar-refractivity contribution in [1.82, 2.24) is 5.32 Å². The van der Waals surface area contributed by atoms with Gasteiger partial charge in [-0.25, -0.2) is 4.39 Å². The fourth-order valence-corrected chi connectivity index (χ4v) is 1.63. The van der Waals surface area contributed by atoms with E-state index >= 15 is 0 Å². The highest BCUT2D eigenvalue weighted by molar-refractivity contribution is 9.10. The van der Waals surface area contributed by atoms with Crippen LogP contribution < -0.4 is 10.6 Å². The van der Waals surface area contributed by atoms with Gasteiger partial charge in [-0.2, -0.15) is 0 Å². The van der Waals surface area contributed by atoms with Crippen LogP contribution in [0.1, 0.15) is 27.7 Å². The van der Waals surface area contributed by atoms with E-state index in [1.54, 1.807) is 19.1 Å². The second-order valence-electron chi connectivity index (χ2n) is 5.23. The van der Waals surface area contributed by atoms with Crippen LogP contribution in [0.4, 0.5) is 10.1 Å². The van der Waals surface area contributed by atoms with Gasteiger partial charge in [0.15, 0.2) is 0 Å². The van der Waals surface area contributed by atoms with Gasteiger partial charge in [0.1, 0.15) is 11.9 Å². The molecule has 0 aliphatic heterocycles. The lowest BCUT2D eigenvalue weighted by atomic mass is 10.1. The van der Waals surface area contributed by atoms with E-state index in [4.69, 9.17) is 0 Å². The lowest BCUT2D eigenvalue weighted by Gasteiger charge is -2.24. The van der Waals surface area contributed by atoms with Crippen molar-refractivity contribution in [2.45, 2.75) is 39.3 Å². The molecule has 0 aliphatic carbocycles. The summed E-state index contributed by atoms with van der Waals surface area (Å²) in [4.78, 5) is 11.8. The van der Waals surface area contributed by atoms with Gasteiger partial charge in [0.05, 0.1) is 4.47 Å². The molecule has 1 rings (SSSR count). The highest BCUT2D eigenvalue weighted by Gasteiger charge is 2.19. The Kier molecular flexibility index (Phi) is 4.73. The third-order valence-electron chi connectivity index (χ3n) is 2.19. The number of hydrogen-bond acceptors (Lipinski definition) is 2. The monoisotopic (exact) mass is 316 g/mol. The predicted octanol–water partition coefficient (Wildman–Crippen LogP) is 3.30. The SMILES string of the molecule is CC(Nc1ccc(Br)c(F)c1)C(=O)NC(C)(C)C. The maximum absolute atomic E-state index is 13.3. The number of benzene rings is 1. The number of nitrogens with one attached hydrogen (secondary N) is 2. The molecule has 0 fully saturated rings. The zero-order valence-corrected chi connectivity index (χ0v) is 12.6. The van der Waals surface area contributed by atoms with E-state index in [9.17, 15) is 9.18 Å². The summed E-state index contributed by atoms with van der Waals surface area (Å²) in [5.74, 6) is -0.478. The van der Waals surface area contributed by atoms with Crippen molar-refractivity contribution in [3.8, 4) is 0 Å². The first-order valence-electron chi connectivity index (χ1n) is 5.72. The quantitative estimate of drug-likeness (QED) is 0.898. The molecule has 1 aromatic carbocycles. The van der Waals surface area contributed by atoms with Crippen LogP contribution in [0.5, 0.6) is 0 Å². The Morgan fingerprint density at radius 1 is 1.39 bits per heavy atom. The first-order chi connectivity index (χ1) is 8.19. The third-order valence-corrected chi connectivity index (χ3v) is 2.84. The molecule has 100 valence electrons. The summed E-state index contributed by atoms with van der Waals surface area (Å²) in [5.41, 5.74) is 0.296. The lowest BCUT2D eigenvalue weighted by molar-refractivity contribution is -0.122. The van der Waals surface area contributed by atoms with Gasteiger partial charge < -0.3 is 10.6 Å². The largest absolute Gasteiger partial charge is 0.374 e. The van der Waals surface area contributed by atoms with E-state index in [0.29, 0.717) is 10.2 Å². The molecule has 2 N–H and O–H groups in total. The van der Waals surface area contributed by atoms with Crippen LogP contribution in [0.2, 0.25) is 0 Å². The smallest absolute Gasteiger partial charge is 0.242 e. The van der Waals surface area contributed by atoms with Crippen molar-refractivity contribution in [1.29, 1.82) is 0 Å². The molecule has 1 amide bonds. The van der Waals surface area contributed by atoms with Crippen LogP contribution in [-0.2, 0) is 4.79 Å². The van der Waals surface area contributed by atoms with Gasteiger partial charge >= 0.3 is 0 Å². The van der Waals surface area contributed by atoms with Crippen molar-refractivity contribution < 1.29 is 9.18 Å². The summed E-state index contributed by atoms with van der Waals surface area (Å²) in [7, 11) is 0. The highest BCUT2D eigenvalue weighted by Crippen LogP contribution is 2.19. The number of halogens is 2. The molecule has 0 radical (unpaired) electrons. The Bertz CT molecular complexity index is 443. The summed E-state index contributed by atoms with van der Waals surface area (Å²) in [6, 6.07) is 4.25. The number of carbonyl (C=O) groups excluding carboxylic acids is 1. The molecule has 0 aliphatic rings. The van der Waals surface area contributed by atoms with E-state index in [2.05, 4.69) is 26.6 Å². The minimum atomic E-state index is -0.426. The maximum atomic E-state index is 13.3. The molecule has 1 aromatic rings. The average Bonchev–Trinajstić information content (AvgIpc) is 2.21. The van der Waals surface area contributed by atoms with Gasteiger partial charge in [0.2, 0.25) is 5.91 Å². The summed E-state index contributed by atoms with van der Waals surface area (Å²) in [6.07, 6.45) is 0. The molecule has 1 unspecified atom stereocenters. The van der Waals surface area contributed by atoms with Crippen molar-refractivity contribution in [2.24, 2.45) is 0 Å². The first kappa shape index (κ1) is 15.0. The van der Waals surface area contributed by atoms with Crippen LogP contribution in [0, 0.1) is 5.82 Å². The van der Waals surface area contributed by atoms with E-state index < -0.39 is 6.04 Å². The zero-order valence-electron chi connectivity index (χ0n) is 11.0. The fourth-order valence-electron chi connectivity index (χ4n) is 1.38. The minimum absolute atomic E-state index is 0.120. The van der Waals surface area contributed by atoms with Crippen molar-refractivity contribution in [3.05, 3.63) is 28.5 Å². The van der Waals surface area contributed by atoms with Gasteiger partial charge in [-0.1, -0.05) is 0 Å². The Morgan fingerprint density at radius 3 is 2.50 bits per heavy atom. The minimum Gasteiger partial charge on any atom is -0.374 e. The number of carbonyl (C=O) groups is 1. The number of hydrogen-bond donors (Lipinski definition) is 2. The molecule has 5 heteroatoms. The van der Waals surface area contributed by atoms with Gasteiger partial charge in [-0.15, -0.1) is 0 Å². The van der Waals surface area contributed by atoms with Gasteiger partial charge in [0, 0.05) is 11.2 Å². The molecule has 1 atom stereocenters. The maximum Gasteiger partial charge on any atom is 0.242 e. The Balaban J connectivity index is 2.66. The van der Waals surface area contributed by atoms with Gasteiger partial charge in [0.25, 0.3) is 0 Å². The van der Waals surface area contributed by atoms with E-state index in [1.165, 1.54) is 6.07 Å². The lowest BCUT2D eigenvalue weighted by Crippen LogP contribution is -2.47. The van der Waals surface area contributed by atoms with Crippen LogP contribution in [0.25, 0.3) is 0 Å². The van der Waals surface area contributed by atoms with Crippen LogP contribution in [0.15, 0.2) is 22.7 Å². The Morgan fingerprint density at radius 2 is 2.00 bits per heavy atom. The van der Waals surface area contributed by atoms with Gasteiger partial charge in [-0.05, 0) is 61.8 Å². The Labute approximate surface area is 115 Å². The number of amides is 1. The topological polar surface area (TPSA) is 41.1 Å². The van der Waals surface area contributed by atoms with Crippen LogP contribution in [0.3, 0.4) is 0 Å². The second-order valence-corrected chi connectivity index (χ2v) is 6.09. The first-order valence-corrected chi connectivity index (χ1v) is 6.52. The van der Waals surface area contributed by atoms with Gasteiger partial charge in [-0.3, -0.25) is 4.79 Å².